The largest absolute Gasteiger partial charge is 0.152 e. The molecule has 1 unspecified atom stereocenters. The first-order valence-electron chi connectivity index (χ1n) is 4.29. The summed E-state index contributed by atoms with van der Waals surface area (Å²) in [4.78, 5) is 0.133. The Kier molecular flexibility index (Phi) is 3.73. The number of hydrogen-bond donors (Lipinski definition) is 0. The molecule has 1 aromatic carbocycles. The van der Waals surface area contributed by atoms with Crippen LogP contribution in [-0.2, 0) is 0 Å². The summed E-state index contributed by atoms with van der Waals surface area (Å²) in [5, 5.41) is 5.50. The Morgan fingerprint density at radius 1 is 1.20 bits per heavy atom. The average Bonchev–Trinajstić information content (AvgIpc) is 2.69. The van der Waals surface area contributed by atoms with Gasteiger partial charge in [-0.25, -0.2) is 0 Å². The van der Waals surface area contributed by atoms with Crippen molar-refractivity contribution in [2.75, 3.05) is 0 Å². The molecule has 1 heterocycles. The van der Waals surface area contributed by atoms with Gasteiger partial charge in [0, 0.05) is 10.0 Å². The second-order valence-electron chi connectivity index (χ2n) is 3.09. The fraction of sp³-hybridized carbons (Fsp3) is 0.0909. The van der Waals surface area contributed by atoms with Crippen molar-refractivity contribution in [2.24, 2.45) is 0 Å². The van der Waals surface area contributed by atoms with Crippen LogP contribution < -0.4 is 0 Å². The van der Waals surface area contributed by atoms with Crippen LogP contribution in [0.15, 0.2) is 35.0 Å². The van der Waals surface area contributed by atoms with Gasteiger partial charge in [0.2, 0.25) is 0 Å². The molecule has 0 nitrogen and oxygen atoms in total. The summed E-state index contributed by atoms with van der Waals surface area (Å²) in [7, 11) is 0. The van der Waals surface area contributed by atoms with Gasteiger partial charge in [-0.3, -0.25) is 0 Å². The molecular formula is C11H7BrCl2S. The normalized spacial score (nSPS) is 12.7. The Morgan fingerprint density at radius 2 is 2.00 bits per heavy atom. The maximum atomic E-state index is 6.13. The average molecular weight is 322 g/mol. The van der Waals surface area contributed by atoms with Gasteiger partial charge < -0.3 is 0 Å². The van der Waals surface area contributed by atoms with Gasteiger partial charge in [0.25, 0.3) is 0 Å². The molecule has 0 spiro atoms. The maximum Gasteiger partial charge on any atom is 0.0667 e. The van der Waals surface area contributed by atoms with Gasteiger partial charge in [0.05, 0.1) is 4.83 Å². The highest BCUT2D eigenvalue weighted by Gasteiger charge is 2.13. The van der Waals surface area contributed by atoms with Gasteiger partial charge in [0.15, 0.2) is 0 Å². The van der Waals surface area contributed by atoms with Crippen molar-refractivity contribution >= 4 is 50.5 Å². The quantitative estimate of drug-likeness (QED) is 0.637. The number of hydrogen-bond acceptors (Lipinski definition) is 1. The van der Waals surface area contributed by atoms with Gasteiger partial charge in [0.1, 0.15) is 0 Å². The highest BCUT2D eigenvalue weighted by atomic mass is 79.9. The van der Waals surface area contributed by atoms with Crippen molar-refractivity contribution < 1.29 is 0 Å². The molecule has 1 aromatic heterocycles. The van der Waals surface area contributed by atoms with Crippen LogP contribution >= 0.6 is 50.5 Å². The first kappa shape index (κ1) is 11.5. The van der Waals surface area contributed by atoms with Crippen molar-refractivity contribution in [1.29, 1.82) is 0 Å². The lowest BCUT2D eigenvalue weighted by Gasteiger charge is -2.10. The molecule has 0 N–H and O–H groups in total. The third-order valence-corrected chi connectivity index (χ3v) is 4.36. The predicted octanol–water partition coefficient (Wildman–Crippen LogP) is 5.54. The molecule has 2 aromatic rings. The van der Waals surface area contributed by atoms with Gasteiger partial charge in [-0.2, -0.15) is 11.3 Å². The lowest BCUT2D eigenvalue weighted by atomic mass is 10.1. The van der Waals surface area contributed by atoms with Crippen molar-refractivity contribution in [3.8, 4) is 0 Å². The van der Waals surface area contributed by atoms with E-state index in [-0.39, 0.29) is 4.83 Å². The molecule has 2 rings (SSSR count). The summed E-state index contributed by atoms with van der Waals surface area (Å²) < 4.78 is 0. The van der Waals surface area contributed by atoms with E-state index in [1.165, 1.54) is 5.56 Å². The van der Waals surface area contributed by atoms with Gasteiger partial charge >= 0.3 is 0 Å². The Morgan fingerprint density at radius 3 is 2.60 bits per heavy atom. The fourth-order valence-corrected chi connectivity index (χ4v) is 3.50. The molecule has 0 aliphatic rings. The van der Waals surface area contributed by atoms with Crippen molar-refractivity contribution in [3.63, 3.8) is 0 Å². The topological polar surface area (TPSA) is 0 Å². The second kappa shape index (κ2) is 4.88. The molecule has 0 aliphatic carbocycles. The van der Waals surface area contributed by atoms with Crippen LogP contribution in [-0.4, -0.2) is 0 Å². The molecule has 0 bridgehead atoms. The summed E-state index contributed by atoms with van der Waals surface area (Å²) in [6.07, 6.45) is 0. The van der Waals surface area contributed by atoms with Gasteiger partial charge in [-0.1, -0.05) is 45.2 Å². The minimum atomic E-state index is 0.133. The smallest absolute Gasteiger partial charge is 0.0667 e. The number of thiophene rings is 1. The molecule has 4 heteroatoms. The molecule has 0 amide bonds. The maximum absolute atomic E-state index is 6.13. The van der Waals surface area contributed by atoms with E-state index in [1.54, 1.807) is 17.4 Å². The summed E-state index contributed by atoms with van der Waals surface area (Å²) in [5.41, 5.74) is 2.25. The molecular weight excluding hydrogens is 315 g/mol. The summed E-state index contributed by atoms with van der Waals surface area (Å²) in [6.45, 7) is 0. The van der Waals surface area contributed by atoms with E-state index in [4.69, 9.17) is 23.2 Å². The van der Waals surface area contributed by atoms with Crippen LogP contribution in [0.3, 0.4) is 0 Å². The summed E-state index contributed by atoms with van der Waals surface area (Å²) in [6, 6.07) is 7.64. The lowest BCUT2D eigenvalue weighted by Crippen LogP contribution is -1.91. The van der Waals surface area contributed by atoms with E-state index < -0.39 is 0 Å². The number of halogens is 3. The molecule has 78 valence electrons. The first-order valence-corrected chi connectivity index (χ1v) is 6.91. The first-order chi connectivity index (χ1) is 7.18. The van der Waals surface area contributed by atoms with E-state index in [2.05, 4.69) is 27.4 Å². The van der Waals surface area contributed by atoms with E-state index in [1.807, 2.05) is 17.5 Å². The molecule has 15 heavy (non-hydrogen) atoms. The Hall–Kier alpha value is -0.0200. The van der Waals surface area contributed by atoms with Crippen molar-refractivity contribution in [3.05, 3.63) is 56.2 Å². The number of benzene rings is 1. The van der Waals surface area contributed by atoms with Crippen LogP contribution in [0.2, 0.25) is 10.0 Å². The van der Waals surface area contributed by atoms with E-state index in [9.17, 15) is 0 Å². The zero-order valence-corrected chi connectivity index (χ0v) is 11.5. The highest BCUT2D eigenvalue weighted by molar-refractivity contribution is 9.09. The third-order valence-electron chi connectivity index (χ3n) is 2.07. The van der Waals surface area contributed by atoms with E-state index in [0.29, 0.717) is 10.0 Å². The van der Waals surface area contributed by atoms with Crippen molar-refractivity contribution in [2.45, 2.75) is 4.83 Å². The third kappa shape index (κ3) is 2.56. The standard InChI is InChI=1S/C11H7BrCl2S/c12-11(7-3-4-15-6-7)9-2-1-8(13)5-10(9)14/h1-6,11H. The predicted molar refractivity (Wildman–Crippen MR) is 71.6 cm³/mol. The Balaban J connectivity index is 2.38. The summed E-state index contributed by atoms with van der Waals surface area (Å²) >= 11 is 17.3. The zero-order chi connectivity index (χ0) is 10.8. The minimum Gasteiger partial charge on any atom is -0.152 e. The summed E-state index contributed by atoms with van der Waals surface area (Å²) in [5.74, 6) is 0. The molecule has 0 saturated carbocycles. The number of rotatable bonds is 2. The van der Waals surface area contributed by atoms with E-state index >= 15 is 0 Å². The lowest BCUT2D eigenvalue weighted by molar-refractivity contribution is 1.19. The van der Waals surface area contributed by atoms with E-state index in [0.717, 1.165) is 5.56 Å². The van der Waals surface area contributed by atoms with Crippen LogP contribution in [0.5, 0.6) is 0 Å². The molecule has 0 saturated heterocycles. The Bertz CT molecular complexity index is 454. The SMILES string of the molecule is Clc1ccc(C(Br)c2ccsc2)c(Cl)c1. The fourth-order valence-electron chi connectivity index (χ4n) is 1.31. The zero-order valence-electron chi connectivity index (χ0n) is 7.58. The molecule has 0 fully saturated rings. The minimum absolute atomic E-state index is 0.133. The van der Waals surface area contributed by atoms with Crippen LogP contribution in [0.4, 0.5) is 0 Å². The van der Waals surface area contributed by atoms with Crippen LogP contribution in [0.25, 0.3) is 0 Å². The van der Waals surface area contributed by atoms with Crippen LogP contribution in [0.1, 0.15) is 16.0 Å². The monoisotopic (exact) mass is 320 g/mol. The Labute approximate surface area is 111 Å². The molecule has 0 radical (unpaired) electrons. The van der Waals surface area contributed by atoms with Crippen LogP contribution in [0, 0.1) is 0 Å². The molecule has 0 aliphatic heterocycles. The van der Waals surface area contributed by atoms with Gasteiger partial charge in [-0.15, -0.1) is 0 Å². The highest BCUT2D eigenvalue weighted by Crippen LogP contribution is 2.36. The number of alkyl halides is 1. The second-order valence-corrected chi connectivity index (χ2v) is 5.62. The van der Waals surface area contributed by atoms with Gasteiger partial charge in [-0.05, 0) is 40.1 Å². The van der Waals surface area contributed by atoms with Crippen molar-refractivity contribution in [1.82, 2.24) is 0 Å². The molecule has 1 atom stereocenters.